The van der Waals surface area contributed by atoms with Crippen molar-refractivity contribution in [3.63, 3.8) is 0 Å². The van der Waals surface area contributed by atoms with Gasteiger partial charge >= 0.3 is 0 Å². The van der Waals surface area contributed by atoms with Gasteiger partial charge in [-0.3, -0.25) is 9.69 Å². The van der Waals surface area contributed by atoms with Crippen LogP contribution in [0.1, 0.15) is 48.8 Å². The van der Waals surface area contributed by atoms with E-state index in [1.165, 1.54) is 18.4 Å². The summed E-state index contributed by atoms with van der Waals surface area (Å²) >= 11 is 0. The first-order valence-corrected chi connectivity index (χ1v) is 11.9. The molecule has 0 spiro atoms. The van der Waals surface area contributed by atoms with E-state index in [4.69, 9.17) is 10.00 Å². The molecule has 5 heteroatoms. The summed E-state index contributed by atoms with van der Waals surface area (Å²) in [5, 5.41) is 8.90. The van der Waals surface area contributed by atoms with Crippen LogP contribution in [0.2, 0.25) is 0 Å². The van der Waals surface area contributed by atoms with E-state index in [1.807, 2.05) is 35.2 Å². The second-order valence-corrected chi connectivity index (χ2v) is 8.96. The van der Waals surface area contributed by atoms with Gasteiger partial charge in [-0.05, 0) is 61.9 Å². The number of carbonyl (C=O) groups excluding carboxylic acids is 1. The molecule has 2 fully saturated rings. The number of ether oxygens (including phenoxy) is 1. The Bertz CT molecular complexity index is 899. The zero-order valence-electron chi connectivity index (χ0n) is 18.8. The summed E-state index contributed by atoms with van der Waals surface area (Å²) in [5.74, 6) is 0.247. The minimum absolute atomic E-state index is 0.247. The molecule has 2 aromatic rings. The number of piperidine rings is 1. The maximum atomic E-state index is 12.7. The zero-order chi connectivity index (χ0) is 22.2. The maximum Gasteiger partial charge on any atom is 0.222 e. The molecule has 2 aliphatic heterocycles. The Morgan fingerprint density at radius 1 is 0.969 bits per heavy atom. The Balaban J connectivity index is 1.19. The lowest BCUT2D eigenvalue weighted by Crippen LogP contribution is -2.49. The van der Waals surface area contributed by atoms with Gasteiger partial charge in [0.2, 0.25) is 5.91 Å². The van der Waals surface area contributed by atoms with Crippen LogP contribution in [0.4, 0.5) is 0 Å². The average Bonchev–Trinajstić information content (AvgIpc) is 3.32. The molecule has 2 aliphatic rings. The summed E-state index contributed by atoms with van der Waals surface area (Å²) in [6.45, 7) is 4.32. The molecule has 4 rings (SSSR count). The number of nitriles is 1. The smallest absolute Gasteiger partial charge is 0.222 e. The summed E-state index contributed by atoms with van der Waals surface area (Å²) < 4.78 is 6.05. The van der Waals surface area contributed by atoms with Gasteiger partial charge < -0.3 is 9.64 Å². The molecule has 0 aromatic heterocycles. The minimum Gasteiger partial charge on any atom is -0.375 e. The number of carbonyl (C=O) groups is 1. The molecule has 0 N–H and O–H groups in total. The maximum absolute atomic E-state index is 12.7. The van der Waals surface area contributed by atoms with Gasteiger partial charge in [-0.25, -0.2) is 0 Å². The molecule has 2 heterocycles. The highest BCUT2D eigenvalue weighted by atomic mass is 16.5. The first-order valence-electron chi connectivity index (χ1n) is 11.9. The Morgan fingerprint density at radius 2 is 1.72 bits per heavy atom. The van der Waals surface area contributed by atoms with E-state index in [9.17, 15) is 4.79 Å². The highest BCUT2D eigenvalue weighted by Crippen LogP contribution is 2.27. The third kappa shape index (κ3) is 5.97. The van der Waals surface area contributed by atoms with Crippen LogP contribution < -0.4 is 0 Å². The number of nitrogens with zero attached hydrogens (tertiary/aromatic N) is 3. The van der Waals surface area contributed by atoms with Crippen LogP contribution in [0.3, 0.4) is 0 Å². The fraction of sp³-hybridized carbons (Fsp3) is 0.481. The van der Waals surface area contributed by atoms with Gasteiger partial charge in [0.05, 0.1) is 24.8 Å². The molecule has 2 saturated heterocycles. The van der Waals surface area contributed by atoms with Gasteiger partial charge in [-0.2, -0.15) is 5.26 Å². The van der Waals surface area contributed by atoms with Crippen LogP contribution in [-0.4, -0.2) is 54.0 Å². The fourth-order valence-electron chi connectivity index (χ4n) is 5.01. The number of hydrogen-bond donors (Lipinski definition) is 0. The van der Waals surface area contributed by atoms with Crippen molar-refractivity contribution in [2.24, 2.45) is 0 Å². The van der Waals surface area contributed by atoms with Crippen LogP contribution in [0.5, 0.6) is 0 Å². The SMILES string of the molecule is N#Cc1ccc(CCC(=O)N2CCC(N3CCCC3COCc3ccccc3)CC2)cc1. The molecule has 1 unspecified atom stereocenters. The summed E-state index contributed by atoms with van der Waals surface area (Å²) in [4.78, 5) is 17.4. The summed E-state index contributed by atoms with van der Waals surface area (Å²) in [6.07, 6.45) is 5.82. The molecule has 0 radical (unpaired) electrons. The van der Waals surface area contributed by atoms with E-state index in [1.54, 1.807) is 0 Å². The van der Waals surface area contributed by atoms with Crippen molar-refractivity contribution >= 4 is 5.91 Å². The van der Waals surface area contributed by atoms with Crippen LogP contribution in [0, 0.1) is 11.3 Å². The zero-order valence-corrected chi connectivity index (χ0v) is 18.8. The van der Waals surface area contributed by atoms with Crippen molar-refractivity contribution in [2.75, 3.05) is 26.2 Å². The third-order valence-corrected chi connectivity index (χ3v) is 6.84. The largest absolute Gasteiger partial charge is 0.375 e. The molecule has 1 atom stereocenters. The van der Waals surface area contributed by atoms with Crippen LogP contribution in [-0.2, 0) is 22.6 Å². The van der Waals surface area contributed by atoms with Gasteiger partial charge in [0, 0.05) is 31.6 Å². The van der Waals surface area contributed by atoms with E-state index in [2.05, 4.69) is 35.2 Å². The number of amides is 1. The molecule has 0 saturated carbocycles. The Kier molecular flexibility index (Phi) is 7.92. The first-order chi connectivity index (χ1) is 15.7. The van der Waals surface area contributed by atoms with E-state index < -0.39 is 0 Å². The van der Waals surface area contributed by atoms with Crippen molar-refractivity contribution < 1.29 is 9.53 Å². The number of hydrogen-bond acceptors (Lipinski definition) is 4. The van der Waals surface area contributed by atoms with Gasteiger partial charge in [-0.15, -0.1) is 0 Å². The van der Waals surface area contributed by atoms with Crippen molar-refractivity contribution in [1.82, 2.24) is 9.80 Å². The van der Waals surface area contributed by atoms with Crippen molar-refractivity contribution in [3.8, 4) is 6.07 Å². The fourth-order valence-corrected chi connectivity index (χ4v) is 5.01. The second kappa shape index (κ2) is 11.3. The monoisotopic (exact) mass is 431 g/mol. The van der Waals surface area contributed by atoms with Crippen LogP contribution in [0.25, 0.3) is 0 Å². The lowest BCUT2D eigenvalue weighted by atomic mass is 10.0. The number of benzene rings is 2. The number of likely N-dealkylation sites (tertiary alicyclic amines) is 2. The van der Waals surface area contributed by atoms with E-state index in [-0.39, 0.29) is 5.91 Å². The number of rotatable bonds is 8. The first kappa shape index (κ1) is 22.5. The lowest BCUT2D eigenvalue weighted by Gasteiger charge is -2.39. The van der Waals surface area contributed by atoms with Gasteiger partial charge in [-0.1, -0.05) is 42.5 Å². The predicted octanol–water partition coefficient (Wildman–Crippen LogP) is 4.16. The molecule has 0 bridgehead atoms. The predicted molar refractivity (Wildman–Crippen MR) is 125 cm³/mol. The average molecular weight is 432 g/mol. The van der Waals surface area contributed by atoms with E-state index in [0.29, 0.717) is 30.7 Å². The molecule has 2 aromatic carbocycles. The molecule has 5 nitrogen and oxygen atoms in total. The Morgan fingerprint density at radius 3 is 2.44 bits per heavy atom. The highest BCUT2D eigenvalue weighted by molar-refractivity contribution is 5.76. The standard InChI is InChI=1S/C27H33N3O2/c28-19-23-10-8-22(9-11-23)12-13-27(31)29-17-14-25(15-18-29)30-16-4-7-26(30)21-32-20-24-5-2-1-3-6-24/h1-3,5-6,8-11,25-26H,4,7,12-18,20-21H2. The topological polar surface area (TPSA) is 56.6 Å². The molecular formula is C27H33N3O2. The Hall–Kier alpha value is -2.68. The van der Waals surface area contributed by atoms with Crippen LogP contribution in [0.15, 0.2) is 54.6 Å². The molecule has 1 amide bonds. The normalized spacial score (nSPS) is 19.7. The summed E-state index contributed by atoms with van der Waals surface area (Å²) in [7, 11) is 0. The van der Waals surface area contributed by atoms with Gasteiger partial charge in [0.1, 0.15) is 0 Å². The summed E-state index contributed by atoms with van der Waals surface area (Å²) in [6, 6.07) is 21.1. The van der Waals surface area contributed by atoms with Crippen molar-refractivity contribution in [1.29, 1.82) is 5.26 Å². The van der Waals surface area contributed by atoms with Crippen molar-refractivity contribution in [2.45, 2.75) is 57.2 Å². The van der Waals surface area contributed by atoms with Gasteiger partial charge in [0.15, 0.2) is 0 Å². The Labute approximate surface area is 191 Å². The minimum atomic E-state index is 0.247. The van der Waals surface area contributed by atoms with Crippen molar-refractivity contribution in [3.05, 3.63) is 71.3 Å². The second-order valence-electron chi connectivity index (χ2n) is 8.96. The summed E-state index contributed by atoms with van der Waals surface area (Å²) in [5.41, 5.74) is 3.00. The molecule has 168 valence electrons. The number of aryl methyl sites for hydroxylation is 1. The highest BCUT2D eigenvalue weighted by Gasteiger charge is 2.33. The van der Waals surface area contributed by atoms with E-state index >= 15 is 0 Å². The van der Waals surface area contributed by atoms with Gasteiger partial charge in [0.25, 0.3) is 0 Å². The quantitative estimate of drug-likeness (QED) is 0.630. The molecule has 0 aliphatic carbocycles. The molecular weight excluding hydrogens is 398 g/mol. The molecule has 32 heavy (non-hydrogen) atoms. The lowest BCUT2D eigenvalue weighted by molar-refractivity contribution is -0.132. The van der Waals surface area contributed by atoms with Crippen LogP contribution >= 0.6 is 0 Å². The van der Waals surface area contributed by atoms with E-state index in [0.717, 1.165) is 51.1 Å². The third-order valence-electron chi connectivity index (χ3n) is 6.84.